The lowest BCUT2D eigenvalue weighted by Crippen LogP contribution is -2.41. The van der Waals surface area contributed by atoms with Crippen molar-refractivity contribution in [2.24, 2.45) is 5.92 Å². The molecule has 2 fully saturated rings. The number of benzene rings is 2. The van der Waals surface area contributed by atoms with Gasteiger partial charge in [0, 0.05) is 35.1 Å². The summed E-state index contributed by atoms with van der Waals surface area (Å²) in [5, 5.41) is 5.70. The highest BCUT2D eigenvalue weighted by atomic mass is 35.5. The number of ether oxygens (including phenoxy) is 1. The second kappa shape index (κ2) is 12.7. The van der Waals surface area contributed by atoms with Crippen LogP contribution >= 0.6 is 11.6 Å². The van der Waals surface area contributed by atoms with E-state index in [1.807, 2.05) is 24.3 Å². The third kappa shape index (κ3) is 6.69. The Labute approximate surface area is 227 Å². The number of aromatic nitrogens is 1. The van der Waals surface area contributed by atoms with E-state index in [1.165, 1.54) is 73.8 Å². The van der Waals surface area contributed by atoms with Gasteiger partial charge in [-0.1, -0.05) is 29.8 Å². The van der Waals surface area contributed by atoms with E-state index >= 15 is 0 Å². The van der Waals surface area contributed by atoms with Crippen LogP contribution in [0.15, 0.2) is 48.5 Å². The van der Waals surface area contributed by atoms with Crippen LogP contribution in [0.3, 0.4) is 0 Å². The van der Waals surface area contributed by atoms with Crippen molar-refractivity contribution in [1.29, 1.82) is 0 Å². The third-order valence-electron chi connectivity index (χ3n) is 8.45. The van der Waals surface area contributed by atoms with Crippen LogP contribution in [0.2, 0.25) is 5.02 Å². The van der Waals surface area contributed by atoms with Gasteiger partial charge in [-0.15, -0.1) is 0 Å². The summed E-state index contributed by atoms with van der Waals surface area (Å²) < 4.78 is 8.94. The van der Waals surface area contributed by atoms with Gasteiger partial charge in [0.1, 0.15) is 12.4 Å². The molecule has 2 aliphatic rings. The van der Waals surface area contributed by atoms with Crippen LogP contribution in [0.25, 0.3) is 10.9 Å². The third-order valence-corrected chi connectivity index (χ3v) is 8.70. The first-order valence-electron chi connectivity index (χ1n) is 14.2. The normalized spacial score (nSPS) is 19.6. The van der Waals surface area contributed by atoms with Crippen LogP contribution < -0.4 is 10.1 Å². The Hall–Kier alpha value is -2.05. The second-order valence-corrected chi connectivity index (χ2v) is 11.6. The highest BCUT2D eigenvalue weighted by Gasteiger charge is 2.24. The molecular weight excluding hydrogens is 480 g/mol. The van der Waals surface area contributed by atoms with Gasteiger partial charge in [0.2, 0.25) is 0 Å². The molecule has 37 heavy (non-hydrogen) atoms. The number of hydrogen-bond donors (Lipinski definition) is 1. The number of halogens is 1. The predicted octanol–water partition coefficient (Wildman–Crippen LogP) is 6.18. The first-order chi connectivity index (χ1) is 18.1. The zero-order valence-corrected chi connectivity index (χ0v) is 23.3. The van der Waals surface area contributed by atoms with Gasteiger partial charge in [-0.05, 0) is 121 Å². The Morgan fingerprint density at radius 1 is 1.03 bits per heavy atom. The number of nitrogens with zero attached hydrogens (tertiary/aromatic N) is 3. The number of likely N-dealkylation sites (tertiary alicyclic amines) is 1. The highest BCUT2D eigenvalue weighted by Crippen LogP contribution is 2.31. The Kier molecular flexibility index (Phi) is 9.09. The number of nitrogens with one attached hydrogen (secondary N) is 1. The topological polar surface area (TPSA) is 32.7 Å². The van der Waals surface area contributed by atoms with Gasteiger partial charge < -0.3 is 19.5 Å². The fourth-order valence-corrected chi connectivity index (χ4v) is 6.36. The molecular formula is C31H43ClN4O. The fourth-order valence-electron chi connectivity index (χ4n) is 6.23. The van der Waals surface area contributed by atoms with Gasteiger partial charge in [0.05, 0.1) is 5.69 Å². The maximum absolute atomic E-state index is 6.38. The fraction of sp³-hybridized carbons (Fsp3) is 0.548. The van der Waals surface area contributed by atoms with E-state index in [1.54, 1.807) is 0 Å². The van der Waals surface area contributed by atoms with Gasteiger partial charge in [-0.3, -0.25) is 4.90 Å². The molecule has 1 N–H and O–H groups in total. The molecule has 0 radical (unpaired) electrons. The molecule has 1 atom stereocenters. The molecule has 1 aromatic heterocycles. The van der Waals surface area contributed by atoms with E-state index in [-0.39, 0.29) is 0 Å². The Morgan fingerprint density at radius 3 is 2.54 bits per heavy atom. The monoisotopic (exact) mass is 522 g/mol. The molecule has 2 saturated heterocycles. The minimum atomic E-state index is 0.574. The van der Waals surface area contributed by atoms with E-state index in [0.29, 0.717) is 12.6 Å². The number of fused-ring (bicyclic) bond motifs is 1. The Balaban J connectivity index is 1.39. The number of rotatable bonds is 10. The van der Waals surface area contributed by atoms with Crippen molar-refractivity contribution in [3.05, 3.63) is 64.8 Å². The van der Waals surface area contributed by atoms with Crippen molar-refractivity contribution in [3.8, 4) is 5.75 Å². The summed E-state index contributed by atoms with van der Waals surface area (Å²) in [6.45, 7) is 7.25. The molecule has 2 aromatic carbocycles. The standard InChI is InChI=1S/C31H43ClN4O/c1-34(2)26-15-19-35(20-16-26)22-29-28-9-3-4-10-30(28)36(18-6-8-24-7-5-17-33-21-24)31(29)23-37-27-13-11-25(32)12-14-27/h3-4,9-14,24,26,33H,5-8,15-23H2,1-2H3. The lowest BCUT2D eigenvalue weighted by molar-refractivity contribution is 0.139. The molecule has 3 heterocycles. The van der Waals surface area contributed by atoms with Crippen LogP contribution in [0.1, 0.15) is 49.8 Å². The average molecular weight is 523 g/mol. The van der Waals surface area contributed by atoms with Crippen molar-refractivity contribution in [3.63, 3.8) is 0 Å². The van der Waals surface area contributed by atoms with E-state index in [4.69, 9.17) is 16.3 Å². The minimum Gasteiger partial charge on any atom is -0.487 e. The van der Waals surface area contributed by atoms with Crippen LogP contribution in [0.5, 0.6) is 5.75 Å². The minimum absolute atomic E-state index is 0.574. The van der Waals surface area contributed by atoms with Gasteiger partial charge in [-0.2, -0.15) is 0 Å². The molecule has 0 aliphatic carbocycles. The largest absolute Gasteiger partial charge is 0.487 e. The lowest BCUT2D eigenvalue weighted by Gasteiger charge is -2.35. The SMILES string of the molecule is CN(C)C1CCN(Cc2c(COc3ccc(Cl)cc3)n(CCCC3CCCNC3)c3ccccc23)CC1. The van der Waals surface area contributed by atoms with Crippen molar-refractivity contribution < 1.29 is 4.74 Å². The van der Waals surface area contributed by atoms with Gasteiger partial charge in [0.15, 0.2) is 0 Å². The van der Waals surface area contributed by atoms with Crippen molar-refractivity contribution >= 4 is 22.5 Å². The zero-order valence-electron chi connectivity index (χ0n) is 22.6. The number of hydrogen-bond acceptors (Lipinski definition) is 4. The van der Waals surface area contributed by atoms with E-state index < -0.39 is 0 Å². The molecule has 5 rings (SSSR count). The first-order valence-corrected chi connectivity index (χ1v) is 14.5. The molecule has 0 amide bonds. The van der Waals surface area contributed by atoms with E-state index in [2.05, 4.69) is 58.0 Å². The molecule has 1 unspecified atom stereocenters. The number of aryl methyl sites for hydroxylation is 1. The molecule has 2 aliphatic heterocycles. The van der Waals surface area contributed by atoms with Crippen molar-refractivity contribution in [2.45, 2.75) is 64.3 Å². The summed E-state index contributed by atoms with van der Waals surface area (Å²) in [7, 11) is 4.42. The molecule has 0 spiro atoms. The predicted molar refractivity (Wildman–Crippen MR) is 155 cm³/mol. The molecule has 0 saturated carbocycles. The average Bonchev–Trinajstić information content (AvgIpc) is 3.21. The summed E-state index contributed by atoms with van der Waals surface area (Å²) in [5.41, 5.74) is 4.11. The molecule has 0 bridgehead atoms. The molecule has 6 heteroatoms. The van der Waals surface area contributed by atoms with E-state index in [9.17, 15) is 0 Å². The summed E-state index contributed by atoms with van der Waals surface area (Å²) >= 11 is 6.12. The Morgan fingerprint density at radius 2 is 1.81 bits per heavy atom. The van der Waals surface area contributed by atoms with Crippen LogP contribution in [0.4, 0.5) is 0 Å². The Bertz CT molecular complexity index is 1130. The quantitative estimate of drug-likeness (QED) is 0.344. The maximum atomic E-state index is 6.38. The molecule has 3 aromatic rings. The summed E-state index contributed by atoms with van der Waals surface area (Å²) in [5.74, 6) is 1.68. The van der Waals surface area contributed by atoms with Crippen LogP contribution in [0, 0.1) is 5.92 Å². The maximum Gasteiger partial charge on any atom is 0.129 e. The molecule has 200 valence electrons. The molecule has 5 nitrogen and oxygen atoms in total. The van der Waals surface area contributed by atoms with E-state index in [0.717, 1.165) is 42.9 Å². The van der Waals surface area contributed by atoms with Gasteiger partial charge in [-0.25, -0.2) is 0 Å². The zero-order chi connectivity index (χ0) is 25.6. The summed E-state index contributed by atoms with van der Waals surface area (Å²) in [6, 6.07) is 17.4. The number of para-hydroxylation sites is 1. The van der Waals surface area contributed by atoms with Gasteiger partial charge >= 0.3 is 0 Å². The first kappa shape index (κ1) is 26.6. The lowest BCUT2D eigenvalue weighted by atomic mass is 9.95. The van der Waals surface area contributed by atoms with Crippen LogP contribution in [-0.2, 0) is 19.7 Å². The smallest absolute Gasteiger partial charge is 0.129 e. The van der Waals surface area contributed by atoms with Crippen molar-refractivity contribution in [2.75, 3.05) is 40.3 Å². The van der Waals surface area contributed by atoms with Crippen molar-refractivity contribution in [1.82, 2.24) is 19.7 Å². The highest BCUT2D eigenvalue weighted by molar-refractivity contribution is 6.30. The van der Waals surface area contributed by atoms with Crippen LogP contribution in [-0.4, -0.2) is 60.7 Å². The summed E-state index contributed by atoms with van der Waals surface area (Å²) in [6.07, 6.45) is 7.62. The summed E-state index contributed by atoms with van der Waals surface area (Å²) in [4.78, 5) is 5.03. The number of piperidine rings is 2. The second-order valence-electron chi connectivity index (χ2n) is 11.2. The van der Waals surface area contributed by atoms with Gasteiger partial charge in [0.25, 0.3) is 0 Å².